The largest absolute Gasteiger partial charge is 0.478 e. The number of ether oxygens (including phenoxy) is 1. The Morgan fingerprint density at radius 3 is 2.76 bits per heavy atom. The predicted molar refractivity (Wildman–Crippen MR) is 64.4 cm³/mol. The number of hydrogen-bond acceptors (Lipinski definition) is 6. The highest BCUT2D eigenvalue weighted by Crippen LogP contribution is 2.12. The summed E-state index contributed by atoms with van der Waals surface area (Å²) in [4.78, 5) is 8.16. The summed E-state index contributed by atoms with van der Waals surface area (Å²) in [5.74, 6) is 1.37. The molecule has 1 aromatic rings. The standard InChI is InChI=1S/C9H16N4O3S/c1-3-16-9-6-8(12-7(2)13-9)11-4-5-17(10,14)15/h6H,3-5H2,1-2H3,(H2,10,14,15)(H,11,12,13). The van der Waals surface area contributed by atoms with E-state index >= 15 is 0 Å². The van der Waals surface area contributed by atoms with Crippen LogP contribution in [-0.2, 0) is 10.0 Å². The van der Waals surface area contributed by atoms with Gasteiger partial charge < -0.3 is 10.1 Å². The zero-order valence-corrected chi connectivity index (χ0v) is 10.6. The summed E-state index contributed by atoms with van der Waals surface area (Å²) < 4.78 is 26.7. The lowest BCUT2D eigenvalue weighted by atomic mass is 10.5. The van der Waals surface area contributed by atoms with Gasteiger partial charge in [0.15, 0.2) is 0 Å². The summed E-state index contributed by atoms with van der Waals surface area (Å²) in [7, 11) is -3.46. The van der Waals surface area contributed by atoms with Crippen molar-refractivity contribution in [1.82, 2.24) is 9.97 Å². The fourth-order valence-corrected chi connectivity index (χ4v) is 1.56. The minimum atomic E-state index is -3.46. The molecular formula is C9H16N4O3S. The molecule has 0 atom stereocenters. The topological polar surface area (TPSA) is 107 Å². The number of sulfonamides is 1. The van der Waals surface area contributed by atoms with Crippen LogP contribution in [0.4, 0.5) is 5.82 Å². The van der Waals surface area contributed by atoms with E-state index in [1.807, 2.05) is 6.92 Å². The second-order valence-electron chi connectivity index (χ2n) is 3.37. The predicted octanol–water partition coefficient (Wildman–Crippen LogP) is -0.116. The van der Waals surface area contributed by atoms with Crippen molar-refractivity contribution in [3.63, 3.8) is 0 Å². The number of primary sulfonamides is 1. The molecule has 7 nitrogen and oxygen atoms in total. The van der Waals surface area contributed by atoms with Gasteiger partial charge in [0.1, 0.15) is 11.6 Å². The molecule has 0 amide bonds. The Morgan fingerprint density at radius 2 is 2.18 bits per heavy atom. The Kier molecular flexibility index (Phi) is 4.64. The SMILES string of the molecule is CCOc1cc(NCCS(N)(=O)=O)nc(C)n1. The van der Waals surface area contributed by atoms with Crippen molar-refractivity contribution >= 4 is 15.8 Å². The zero-order valence-electron chi connectivity index (χ0n) is 9.80. The lowest BCUT2D eigenvalue weighted by Gasteiger charge is -2.08. The Morgan fingerprint density at radius 1 is 1.47 bits per heavy atom. The summed E-state index contributed by atoms with van der Waals surface area (Å²) in [5.41, 5.74) is 0. The molecule has 0 fully saturated rings. The first kappa shape index (κ1) is 13.7. The molecule has 0 saturated carbocycles. The molecule has 17 heavy (non-hydrogen) atoms. The van der Waals surface area contributed by atoms with E-state index in [2.05, 4.69) is 15.3 Å². The Labute approximate surface area is 100 Å². The van der Waals surface area contributed by atoms with Crippen molar-refractivity contribution in [2.24, 2.45) is 5.14 Å². The van der Waals surface area contributed by atoms with E-state index < -0.39 is 10.0 Å². The molecule has 0 unspecified atom stereocenters. The number of anilines is 1. The first-order chi connectivity index (χ1) is 7.90. The molecule has 1 heterocycles. The lowest BCUT2D eigenvalue weighted by Crippen LogP contribution is -2.22. The highest BCUT2D eigenvalue weighted by Gasteiger charge is 2.05. The van der Waals surface area contributed by atoms with E-state index in [0.29, 0.717) is 24.1 Å². The van der Waals surface area contributed by atoms with Crippen LogP contribution in [0.5, 0.6) is 5.88 Å². The fraction of sp³-hybridized carbons (Fsp3) is 0.556. The van der Waals surface area contributed by atoms with Crippen LogP contribution >= 0.6 is 0 Å². The zero-order chi connectivity index (χ0) is 12.9. The van der Waals surface area contributed by atoms with Crippen molar-refractivity contribution in [1.29, 1.82) is 0 Å². The van der Waals surface area contributed by atoms with Gasteiger partial charge in [0.25, 0.3) is 0 Å². The van der Waals surface area contributed by atoms with Crippen molar-refractivity contribution in [2.45, 2.75) is 13.8 Å². The third kappa shape index (κ3) is 5.45. The van der Waals surface area contributed by atoms with Gasteiger partial charge in [-0.1, -0.05) is 0 Å². The normalized spacial score (nSPS) is 11.2. The van der Waals surface area contributed by atoms with Crippen LogP contribution in [0.25, 0.3) is 0 Å². The van der Waals surface area contributed by atoms with E-state index in [0.717, 1.165) is 0 Å². The molecule has 0 aliphatic carbocycles. The average molecular weight is 260 g/mol. The Balaban J connectivity index is 2.64. The number of nitrogens with two attached hydrogens (primary N) is 1. The molecule has 0 bridgehead atoms. The Hall–Kier alpha value is -1.41. The quantitative estimate of drug-likeness (QED) is 0.738. The van der Waals surface area contributed by atoms with E-state index in [9.17, 15) is 8.42 Å². The molecule has 8 heteroatoms. The van der Waals surface area contributed by atoms with Crippen molar-refractivity contribution in [2.75, 3.05) is 24.2 Å². The van der Waals surface area contributed by atoms with Gasteiger partial charge in [0.05, 0.1) is 12.4 Å². The molecule has 0 spiro atoms. The van der Waals surface area contributed by atoms with Crippen LogP contribution < -0.4 is 15.2 Å². The molecule has 96 valence electrons. The van der Waals surface area contributed by atoms with Gasteiger partial charge in [0, 0.05) is 12.6 Å². The summed E-state index contributed by atoms with van der Waals surface area (Å²) in [6.07, 6.45) is 0. The number of hydrogen-bond donors (Lipinski definition) is 2. The first-order valence-electron chi connectivity index (χ1n) is 5.13. The Bertz CT molecular complexity index is 475. The van der Waals surface area contributed by atoms with E-state index in [1.165, 1.54) is 0 Å². The summed E-state index contributed by atoms with van der Waals surface area (Å²) in [6.45, 7) is 4.28. The van der Waals surface area contributed by atoms with Gasteiger partial charge in [-0.15, -0.1) is 0 Å². The number of aryl methyl sites for hydroxylation is 1. The molecule has 3 N–H and O–H groups in total. The summed E-state index contributed by atoms with van der Waals surface area (Å²) in [6, 6.07) is 1.61. The summed E-state index contributed by atoms with van der Waals surface area (Å²) in [5, 5.41) is 7.73. The van der Waals surface area contributed by atoms with Crippen molar-refractivity contribution in [3.05, 3.63) is 11.9 Å². The second kappa shape index (κ2) is 5.78. The monoisotopic (exact) mass is 260 g/mol. The second-order valence-corrected chi connectivity index (χ2v) is 5.10. The minimum Gasteiger partial charge on any atom is -0.478 e. The van der Waals surface area contributed by atoms with Gasteiger partial charge in [-0.2, -0.15) is 4.98 Å². The molecule has 1 aromatic heterocycles. The maximum Gasteiger partial charge on any atom is 0.218 e. The molecule has 0 radical (unpaired) electrons. The maximum atomic E-state index is 10.7. The molecule has 0 aliphatic rings. The molecule has 0 aliphatic heterocycles. The van der Waals surface area contributed by atoms with Crippen LogP contribution in [0.3, 0.4) is 0 Å². The van der Waals surface area contributed by atoms with E-state index in [4.69, 9.17) is 9.88 Å². The number of nitrogens with zero attached hydrogens (tertiary/aromatic N) is 2. The van der Waals surface area contributed by atoms with Crippen LogP contribution in [0.15, 0.2) is 6.07 Å². The van der Waals surface area contributed by atoms with Crippen LogP contribution in [0.1, 0.15) is 12.7 Å². The van der Waals surface area contributed by atoms with Gasteiger partial charge >= 0.3 is 0 Å². The number of nitrogens with one attached hydrogen (secondary N) is 1. The highest BCUT2D eigenvalue weighted by molar-refractivity contribution is 7.89. The third-order valence-electron chi connectivity index (χ3n) is 1.80. The summed E-state index contributed by atoms with van der Waals surface area (Å²) >= 11 is 0. The number of aromatic nitrogens is 2. The van der Waals surface area contributed by atoms with Gasteiger partial charge in [-0.25, -0.2) is 18.5 Å². The third-order valence-corrected chi connectivity index (χ3v) is 2.57. The van der Waals surface area contributed by atoms with Gasteiger partial charge in [-0.3, -0.25) is 0 Å². The van der Waals surface area contributed by atoms with E-state index in [1.54, 1.807) is 13.0 Å². The molecule has 0 aromatic carbocycles. The first-order valence-corrected chi connectivity index (χ1v) is 6.85. The minimum absolute atomic E-state index is 0.153. The van der Waals surface area contributed by atoms with Crippen LogP contribution in [0, 0.1) is 6.92 Å². The fourth-order valence-electron chi connectivity index (χ4n) is 1.17. The highest BCUT2D eigenvalue weighted by atomic mass is 32.2. The average Bonchev–Trinajstić information content (AvgIpc) is 2.15. The van der Waals surface area contributed by atoms with E-state index in [-0.39, 0.29) is 12.3 Å². The smallest absolute Gasteiger partial charge is 0.218 e. The maximum absolute atomic E-state index is 10.7. The molecule has 0 saturated heterocycles. The van der Waals surface area contributed by atoms with Gasteiger partial charge in [-0.05, 0) is 13.8 Å². The molecule has 1 rings (SSSR count). The van der Waals surface area contributed by atoms with Crippen molar-refractivity contribution in [3.8, 4) is 5.88 Å². The number of rotatable bonds is 6. The lowest BCUT2D eigenvalue weighted by molar-refractivity contribution is 0.325. The van der Waals surface area contributed by atoms with Crippen LogP contribution in [0.2, 0.25) is 0 Å². The molecular weight excluding hydrogens is 244 g/mol. The van der Waals surface area contributed by atoms with Gasteiger partial charge in [0.2, 0.25) is 15.9 Å². The van der Waals surface area contributed by atoms with Crippen molar-refractivity contribution < 1.29 is 13.2 Å². The van der Waals surface area contributed by atoms with Crippen LogP contribution in [-0.4, -0.2) is 37.3 Å².